The van der Waals surface area contributed by atoms with Gasteiger partial charge in [0.2, 0.25) is 0 Å². The van der Waals surface area contributed by atoms with Gasteiger partial charge in [0.05, 0.1) is 0 Å². The van der Waals surface area contributed by atoms with E-state index in [9.17, 15) is 0 Å². The van der Waals surface area contributed by atoms with Crippen molar-refractivity contribution in [3.63, 3.8) is 0 Å². The molecule has 2 fully saturated rings. The first-order chi connectivity index (χ1) is 6.84. The summed E-state index contributed by atoms with van der Waals surface area (Å²) in [6.45, 7) is 5.15. The molecule has 82 valence electrons. The van der Waals surface area contributed by atoms with E-state index in [1.54, 1.807) is 0 Å². The molecule has 0 radical (unpaired) electrons. The van der Waals surface area contributed by atoms with Crippen molar-refractivity contribution in [3.8, 4) is 0 Å². The largest absolute Gasteiger partial charge is 0.316 e. The van der Waals surface area contributed by atoms with Gasteiger partial charge in [-0.2, -0.15) is 0 Å². The lowest BCUT2D eigenvalue weighted by molar-refractivity contribution is 0.210. The normalized spacial score (nSPS) is 26.4. The maximum Gasteiger partial charge on any atom is -0.00187 e. The lowest BCUT2D eigenvalue weighted by atomic mass is 9.85. The van der Waals surface area contributed by atoms with Crippen LogP contribution in [0.1, 0.15) is 32.1 Å². The molecule has 2 heteroatoms. The summed E-state index contributed by atoms with van der Waals surface area (Å²) in [6, 6.07) is 0. The molecule has 0 aromatic rings. The number of hydrogen-bond donors (Lipinski definition) is 1. The molecule has 1 aliphatic carbocycles. The van der Waals surface area contributed by atoms with Crippen molar-refractivity contribution >= 4 is 0 Å². The van der Waals surface area contributed by atoms with Crippen LogP contribution in [-0.4, -0.2) is 38.1 Å². The fourth-order valence-electron chi connectivity index (χ4n) is 2.45. The molecular weight excluding hydrogens is 172 g/mol. The quantitative estimate of drug-likeness (QED) is 0.736. The minimum absolute atomic E-state index is 0.950. The van der Waals surface area contributed by atoms with Gasteiger partial charge >= 0.3 is 0 Å². The third-order valence-electron chi connectivity index (χ3n) is 3.93. The summed E-state index contributed by atoms with van der Waals surface area (Å²) >= 11 is 0. The lowest BCUT2D eigenvalue weighted by Crippen LogP contribution is -2.37. The van der Waals surface area contributed by atoms with Crippen LogP contribution in [0.25, 0.3) is 0 Å². The highest BCUT2D eigenvalue weighted by Crippen LogP contribution is 2.25. The molecule has 0 aromatic carbocycles. The van der Waals surface area contributed by atoms with Gasteiger partial charge in [-0.3, -0.25) is 0 Å². The van der Waals surface area contributed by atoms with Crippen molar-refractivity contribution in [3.05, 3.63) is 0 Å². The predicted molar refractivity (Wildman–Crippen MR) is 60.4 cm³/mol. The van der Waals surface area contributed by atoms with Gasteiger partial charge in [0.25, 0.3) is 0 Å². The second-order valence-electron chi connectivity index (χ2n) is 5.20. The molecule has 1 saturated carbocycles. The Labute approximate surface area is 88.1 Å². The lowest BCUT2D eigenvalue weighted by Gasteiger charge is -2.30. The topological polar surface area (TPSA) is 15.3 Å². The van der Waals surface area contributed by atoms with Crippen LogP contribution in [-0.2, 0) is 0 Å². The monoisotopic (exact) mass is 196 g/mol. The molecule has 1 heterocycles. The fourth-order valence-corrected chi connectivity index (χ4v) is 2.45. The molecule has 2 rings (SSSR count). The summed E-state index contributed by atoms with van der Waals surface area (Å²) in [5.74, 6) is 1.97. The molecule has 0 spiro atoms. The Kier molecular flexibility index (Phi) is 3.82. The van der Waals surface area contributed by atoms with Crippen LogP contribution in [0.15, 0.2) is 0 Å². The highest BCUT2D eigenvalue weighted by molar-refractivity contribution is 4.75. The van der Waals surface area contributed by atoms with Crippen LogP contribution in [0, 0.1) is 11.8 Å². The Bertz CT molecular complexity index is 158. The number of likely N-dealkylation sites (tertiary alicyclic amines) is 1. The van der Waals surface area contributed by atoms with E-state index < -0.39 is 0 Å². The molecule has 1 N–H and O–H groups in total. The van der Waals surface area contributed by atoms with Crippen LogP contribution >= 0.6 is 0 Å². The Hall–Kier alpha value is -0.0800. The smallest absolute Gasteiger partial charge is 0.00187 e. The molecule has 0 unspecified atom stereocenters. The van der Waals surface area contributed by atoms with Gasteiger partial charge in [0.15, 0.2) is 0 Å². The average molecular weight is 196 g/mol. The van der Waals surface area contributed by atoms with Gasteiger partial charge in [0, 0.05) is 0 Å². The molecule has 1 saturated heterocycles. The SMILES string of the molecule is CN1CCC(CNCC2CCC2)CC1. The maximum atomic E-state index is 3.65. The number of hydrogen-bond acceptors (Lipinski definition) is 2. The van der Waals surface area contributed by atoms with Crippen LogP contribution < -0.4 is 5.32 Å². The van der Waals surface area contributed by atoms with E-state index in [0.717, 1.165) is 11.8 Å². The second-order valence-corrected chi connectivity index (χ2v) is 5.20. The first-order valence-electron chi connectivity index (χ1n) is 6.24. The summed E-state index contributed by atoms with van der Waals surface area (Å²) in [4.78, 5) is 2.45. The van der Waals surface area contributed by atoms with Gasteiger partial charge in [0.1, 0.15) is 0 Å². The highest BCUT2D eigenvalue weighted by Gasteiger charge is 2.19. The maximum absolute atomic E-state index is 3.65. The van der Waals surface area contributed by atoms with E-state index in [0.29, 0.717) is 0 Å². The second kappa shape index (κ2) is 5.13. The first-order valence-corrected chi connectivity index (χ1v) is 6.24. The molecule has 2 aliphatic rings. The van der Waals surface area contributed by atoms with Crippen molar-refractivity contribution in [2.24, 2.45) is 11.8 Å². The summed E-state index contributed by atoms with van der Waals surface area (Å²) in [5.41, 5.74) is 0. The predicted octanol–water partition coefficient (Wildman–Crippen LogP) is 1.72. The molecular formula is C12H24N2. The molecule has 0 bridgehead atoms. The summed E-state index contributed by atoms with van der Waals surface area (Å²) < 4.78 is 0. The number of piperidine rings is 1. The van der Waals surface area contributed by atoms with Crippen molar-refractivity contribution in [2.75, 3.05) is 33.2 Å². The average Bonchev–Trinajstić information content (AvgIpc) is 2.12. The van der Waals surface area contributed by atoms with E-state index in [4.69, 9.17) is 0 Å². The van der Waals surface area contributed by atoms with Gasteiger partial charge in [-0.25, -0.2) is 0 Å². The van der Waals surface area contributed by atoms with Crippen molar-refractivity contribution in [1.82, 2.24) is 10.2 Å². The van der Waals surface area contributed by atoms with Crippen molar-refractivity contribution in [2.45, 2.75) is 32.1 Å². The molecule has 0 amide bonds. The Balaban J connectivity index is 1.52. The van der Waals surface area contributed by atoms with E-state index in [-0.39, 0.29) is 0 Å². The van der Waals surface area contributed by atoms with Crippen molar-refractivity contribution in [1.29, 1.82) is 0 Å². The van der Waals surface area contributed by atoms with Gasteiger partial charge in [-0.05, 0) is 70.7 Å². The van der Waals surface area contributed by atoms with Gasteiger partial charge < -0.3 is 10.2 Å². The first kappa shape index (κ1) is 10.4. The highest BCUT2D eigenvalue weighted by atomic mass is 15.1. The zero-order chi connectivity index (χ0) is 9.80. The Morgan fingerprint density at radius 1 is 1.00 bits per heavy atom. The van der Waals surface area contributed by atoms with Crippen molar-refractivity contribution < 1.29 is 0 Å². The molecule has 2 nitrogen and oxygen atoms in total. The van der Waals surface area contributed by atoms with Crippen LogP contribution in [0.3, 0.4) is 0 Å². The minimum atomic E-state index is 0.950. The zero-order valence-corrected chi connectivity index (χ0v) is 9.47. The Morgan fingerprint density at radius 2 is 1.57 bits per heavy atom. The molecule has 1 aliphatic heterocycles. The van der Waals surface area contributed by atoms with E-state index >= 15 is 0 Å². The minimum Gasteiger partial charge on any atom is -0.316 e. The van der Waals surface area contributed by atoms with E-state index in [2.05, 4.69) is 17.3 Å². The summed E-state index contributed by atoms with van der Waals surface area (Å²) in [5, 5.41) is 3.65. The van der Waals surface area contributed by atoms with Crippen LogP contribution in [0.2, 0.25) is 0 Å². The van der Waals surface area contributed by atoms with E-state index in [1.165, 1.54) is 58.3 Å². The number of nitrogens with one attached hydrogen (secondary N) is 1. The third-order valence-corrected chi connectivity index (χ3v) is 3.93. The Morgan fingerprint density at radius 3 is 2.07 bits per heavy atom. The van der Waals surface area contributed by atoms with E-state index in [1.807, 2.05) is 0 Å². The number of rotatable bonds is 4. The summed E-state index contributed by atoms with van der Waals surface area (Å²) in [6.07, 6.45) is 7.21. The van der Waals surface area contributed by atoms with Gasteiger partial charge in [-0.1, -0.05) is 6.42 Å². The number of nitrogens with zero attached hydrogens (tertiary/aromatic N) is 1. The van der Waals surface area contributed by atoms with Crippen LogP contribution in [0.4, 0.5) is 0 Å². The molecule has 0 atom stereocenters. The summed E-state index contributed by atoms with van der Waals surface area (Å²) in [7, 11) is 2.23. The zero-order valence-electron chi connectivity index (χ0n) is 9.47. The fraction of sp³-hybridized carbons (Fsp3) is 1.00. The molecule has 0 aromatic heterocycles. The molecule has 14 heavy (non-hydrogen) atoms. The van der Waals surface area contributed by atoms with Crippen LogP contribution in [0.5, 0.6) is 0 Å². The standard InChI is InChI=1S/C12H24N2/c1-14-7-5-12(6-8-14)10-13-9-11-3-2-4-11/h11-13H,2-10H2,1H3. The van der Waals surface area contributed by atoms with Gasteiger partial charge in [-0.15, -0.1) is 0 Å². The third kappa shape index (κ3) is 2.96.